The van der Waals surface area contributed by atoms with Crippen LogP contribution in [0.1, 0.15) is 43.7 Å². The maximum atomic E-state index is 8.88. The van der Waals surface area contributed by atoms with Crippen LogP contribution in [0.2, 0.25) is 0 Å². The Labute approximate surface area is 98.8 Å². The molecule has 0 heterocycles. The summed E-state index contributed by atoms with van der Waals surface area (Å²) >= 11 is 0. The van der Waals surface area contributed by atoms with Gasteiger partial charge in [0, 0.05) is 0 Å². The predicted octanol–water partition coefficient (Wildman–Crippen LogP) is 3.82. The van der Waals surface area contributed by atoms with Crippen molar-refractivity contribution >= 4 is 0 Å². The largest absolute Gasteiger partial charge is 0.392 e. The molecule has 0 aromatic heterocycles. The van der Waals surface area contributed by atoms with Crippen LogP contribution >= 0.6 is 0 Å². The van der Waals surface area contributed by atoms with E-state index < -0.39 is 0 Å². The molecule has 0 aliphatic heterocycles. The number of allylic oxidation sites excluding steroid dienone is 1. The van der Waals surface area contributed by atoms with Crippen molar-refractivity contribution in [3.05, 3.63) is 47.0 Å². The van der Waals surface area contributed by atoms with Crippen molar-refractivity contribution in [3.8, 4) is 0 Å². The number of benzene rings is 1. The first-order chi connectivity index (χ1) is 7.63. The number of aryl methyl sites for hydroxylation is 1. The van der Waals surface area contributed by atoms with Crippen molar-refractivity contribution in [1.29, 1.82) is 0 Å². The van der Waals surface area contributed by atoms with Crippen molar-refractivity contribution < 1.29 is 5.11 Å². The molecule has 0 aliphatic rings. The van der Waals surface area contributed by atoms with E-state index in [-0.39, 0.29) is 6.61 Å². The lowest BCUT2D eigenvalue weighted by Gasteiger charge is -2.10. The topological polar surface area (TPSA) is 20.2 Å². The minimum Gasteiger partial charge on any atom is -0.392 e. The van der Waals surface area contributed by atoms with E-state index in [1.807, 2.05) is 6.92 Å². The fourth-order valence-electron chi connectivity index (χ4n) is 1.71. The summed E-state index contributed by atoms with van der Waals surface area (Å²) < 4.78 is 0. The number of aliphatic hydroxyl groups is 1. The molecule has 88 valence electrons. The molecular formula is C15H22O. The molecule has 1 heteroatoms. The lowest BCUT2D eigenvalue weighted by molar-refractivity contribution is 0.331. The summed E-state index contributed by atoms with van der Waals surface area (Å²) in [5.41, 5.74) is 3.78. The van der Waals surface area contributed by atoms with E-state index in [0.29, 0.717) is 5.92 Å². The molecule has 1 atom stereocenters. The molecule has 16 heavy (non-hydrogen) atoms. The first-order valence-corrected chi connectivity index (χ1v) is 5.96. The minimum absolute atomic E-state index is 0.179. The van der Waals surface area contributed by atoms with E-state index in [1.165, 1.54) is 11.1 Å². The van der Waals surface area contributed by atoms with E-state index >= 15 is 0 Å². The molecule has 0 saturated carbocycles. The van der Waals surface area contributed by atoms with Gasteiger partial charge in [-0.2, -0.15) is 0 Å². The Hall–Kier alpha value is -1.08. The van der Waals surface area contributed by atoms with Gasteiger partial charge in [-0.15, -0.1) is 0 Å². The van der Waals surface area contributed by atoms with Gasteiger partial charge in [0.05, 0.1) is 6.61 Å². The molecule has 0 fully saturated rings. The summed E-state index contributed by atoms with van der Waals surface area (Å²) in [7, 11) is 0. The smallest absolute Gasteiger partial charge is 0.0639 e. The normalized spacial score (nSPS) is 13.9. The Balaban J connectivity index is 2.46. The highest BCUT2D eigenvalue weighted by atomic mass is 16.3. The van der Waals surface area contributed by atoms with Crippen LogP contribution in [0.3, 0.4) is 0 Å². The van der Waals surface area contributed by atoms with E-state index in [0.717, 1.165) is 18.4 Å². The molecule has 1 aromatic rings. The van der Waals surface area contributed by atoms with Gasteiger partial charge in [-0.25, -0.2) is 0 Å². The first-order valence-electron chi connectivity index (χ1n) is 5.96. The first kappa shape index (κ1) is 13.0. The second kappa shape index (κ2) is 6.49. The van der Waals surface area contributed by atoms with E-state index in [1.54, 1.807) is 0 Å². The summed E-state index contributed by atoms with van der Waals surface area (Å²) in [6.07, 6.45) is 4.31. The standard InChI is InChI=1S/C15H22O/c1-12-7-9-15(10-8-12)14(3)6-4-5-13(2)11-16/h5,7-10,14,16H,4,6,11H2,1-3H3/b13-5+/t14-/m0/s1. The molecule has 0 spiro atoms. The average molecular weight is 218 g/mol. The Kier molecular flexibility index (Phi) is 5.27. The van der Waals surface area contributed by atoms with E-state index in [4.69, 9.17) is 5.11 Å². The Morgan fingerprint density at radius 1 is 1.31 bits per heavy atom. The van der Waals surface area contributed by atoms with Crippen LogP contribution in [0, 0.1) is 6.92 Å². The number of aliphatic hydroxyl groups excluding tert-OH is 1. The van der Waals surface area contributed by atoms with Gasteiger partial charge in [0.15, 0.2) is 0 Å². The molecule has 0 radical (unpaired) electrons. The van der Waals surface area contributed by atoms with Crippen molar-refractivity contribution in [2.75, 3.05) is 6.61 Å². The SMILES string of the molecule is C/C(=C\CC[C@H](C)c1ccc(C)cc1)CO. The molecule has 1 rings (SSSR count). The van der Waals surface area contributed by atoms with Gasteiger partial charge in [0.2, 0.25) is 0 Å². The molecule has 0 unspecified atom stereocenters. The van der Waals surface area contributed by atoms with E-state index in [2.05, 4.69) is 44.2 Å². The maximum absolute atomic E-state index is 8.88. The number of hydrogen-bond donors (Lipinski definition) is 1. The van der Waals surface area contributed by atoms with Crippen LogP contribution in [0.5, 0.6) is 0 Å². The summed E-state index contributed by atoms with van der Waals surface area (Å²) in [6, 6.07) is 8.76. The van der Waals surface area contributed by atoms with Gasteiger partial charge in [-0.1, -0.05) is 48.4 Å². The molecule has 0 bridgehead atoms. The fraction of sp³-hybridized carbons (Fsp3) is 0.467. The Morgan fingerprint density at radius 3 is 2.50 bits per heavy atom. The third-order valence-corrected chi connectivity index (χ3v) is 2.99. The zero-order valence-electron chi connectivity index (χ0n) is 10.5. The second-order valence-electron chi connectivity index (χ2n) is 4.60. The highest BCUT2D eigenvalue weighted by molar-refractivity contribution is 5.24. The van der Waals surface area contributed by atoms with Gasteiger partial charge in [0.1, 0.15) is 0 Å². The van der Waals surface area contributed by atoms with E-state index in [9.17, 15) is 0 Å². The summed E-state index contributed by atoms with van der Waals surface area (Å²) in [6.45, 7) is 6.52. The van der Waals surface area contributed by atoms with Crippen LogP contribution < -0.4 is 0 Å². The van der Waals surface area contributed by atoms with Gasteiger partial charge < -0.3 is 5.11 Å². The van der Waals surface area contributed by atoms with Crippen LogP contribution in [-0.2, 0) is 0 Å². The lowest BCUT2D eigenvalue weighted by Crippen LogP contribution is -1.93. The summed E-state index contributed by atoms with van der Waals surface area (Å²) in [5.74, 6) is 0.586. The van der Waals surface area contributed by atoms with Crippen molar-refractivity contribution in [2.45, 2.75) is 39.5 Å². The molecule has 0 aliphatic carbocycles. The van der Waals surface area contributed by atoms with Crippen LogP contribution in [0.15, 0.2) is 35.9 Å². The third kappa shape index (κ3) is 4.19. The highest BCUT2D eigenvalue weighted by Gasteiger charge is 2.03. The quantitative estimate of drug-likeness (QED) is 0.745. The van der Waals surface area contributed by atoms with Gasteiger partial charge in [-0.3, -0.25) is 0 Å². The van der Waals surface area contributed by atoms with Crippen LogP contribution in [0.4, 0.5) is 0 Å². The Morgan fingerprint density at radius 2 is 1.94 bits per heavy atom. The molecule has 0 amide bonds. The number of hydrogen-bond acceptors (Lipinski definition) is 1. The molecule has 1 N–H and O–H groups in total. The fourth-order valence-corrected chi connectivity index (χ4v) is 1.71. The Bertz CT molecular complexity index is 335. The zero-order chi connectivity index (χ0) is 12.0. The third-order valence-electron chi connectivity index (χ3n) is 2.99. The van der Waals surface area contributed by atoms with Gasteiger partial charge in [0.25, 0.3) is 0 Å². The highest BCUT2D eigenvalue weighted by Crippen LogP contribution is 2.21. The number of rotatable bonds is 5. The maximum Gasteiger partial charge on any atom is 0.0639 e. The molecule has 1 nitrogen and oxygen atoms in total. The lowest BCUT2D eigenvalue weighted by atomic mass is 9.95. The predicted molar refractivity (Wildman–Crippen MR) is 69.7 cm³/mol. The minimum atomic E-state index is 0.179. The molecule has 0 saturated heterocycles. The van der Waals surface area contributed by atoms with Crippen molar-refractivity contribution in [3.63, 3.8) is 0 Å². The monoisotopic (exact) mass is 218 g/mol. The summed E-state index contributed by atoms with van der Waals surface area (Å²) in [4.78, 5) is 0. The van der Waals surface area contributed by atoms with Crippen LogP contribution in [0.25, 0.3) is 0 Å². The van der Waals surface area contributed by atoms with Gasteiger partial charge >= 0.3 is 0 Å². The van der Waals surface area contributed by atoms with Crippen molar-refractivity contribution in [2.24, 2.45) is 0 Å². The average Bonchev–Trinajstić information content (AvgIpc) is 2.29. The van der Waals surface area contributed by atoms with Gasteiger partial charge in [-0.05, 0) is 38.2 Å². The molecular weight excluding hydrogens is 196 g/mol. The summed E-state index contributed by atoms with van der Waals surface area (Å²) in [5, 5.41) is 8.88. The molecule has 1 aromatic carbocycles. The van der Waals surface area contributed by atoms with Crippen molar-refractivity contribution in [1.82, 2.24) is 0 Å². The second-order valence-corrected chi connectivity index (χ2v) is 4.60. The van der Waals surface area contributed by atoms with Crippen LogP contribution in [-0.4, -0.2) is 11.7 Å². The zero-order valence-corrected chi connectivity index (χ0v) is 10.5.